The number of aliphatic imine (C=N–C) groups is 1. The first kappa shape index (κ1) is 24.8. The molecule has 1 heterocycles. The maximum atomic E-state index is 10.7. The number of nitrogens with zero attached hydrogens (tertiary/aromatic N) is 2. The van der Waals surface area contributed by atoms with E-state index in [0.29, 0.717) is 36.1 Å². The van der Waals surface area contributed by atoms with Gasteiger partial charge in [0.25, 0.3) is 0 Å². The van der Waals surface area contributed by atoms with Crippen LogP contribution in [0.2, 0.25) is 0 Å². The van der Waals surface area contributed by atoms with Crippen LogP contribution in [0.3, 0.4) is 0 Å². The monoisotopic (exact) mass is 539 g/mol. The van der Waals surface area contributed by atoms with Crippen molar-refractivity contribution in [2.45, 2.75) is 19.6 Å². The third-order valence-corrected chi connectivity index (χ3v) is 4.78. The highest BCUT2D eigenvalue weighted by atomic mass is 127. The van der Waals surface area contributed by atoms with E-state index in [1.165, 1.54) is 0 Å². The Hall–Kier alpha value is -2.46. The first-order valence-electron chi connectivity index (χ1n) is 9.92. The predicted molar refractivity (Wildman–Crippen MR) is 134 cm³/mol. The Morgan fingerprint density at radius 3 is 2.61 bits per heavy atom. The lowest BCUT2D eigenvalue weighted by atomic mass is 10.1. The first-order valence-corrected chi connectivity index (χ1v) is 9.92. The molecule has 0 aliphatic carbocycles. The van der Waals surface area contributed by atoms with Crippen molar-refractivity contribution in [3.05, 3.63) is 59.9 Å². The lowest BCUT2D eigenvalue weighted by molar-refractivity contribution is 0.181. The molecule has 31 heavy (non-hydrogen) atoms. The number of fused-ring (bicyclic) bond motifs is 1. The third kappa shape index (κ3) is 6.27. The van der Waals surface area contributed by atoms with E-state index in [0.717, 1.165) is 16.7 Å². The fourth-order valence-electron chi connectivity index (χ4n) is 3.26. The fraction of sp³-hybridized carbons (Fsp3) is 0.348. The average molecular weight is 539 g/mol. The molecule has 1 atom stereocenters. The largest absolute Gasteiger partial charge is 0.497 e. The number of methoxy groups -OCH3 is 2. The van der Waals surface area contributed by atoms with Gasteiger partial charge in [0.1, 0.15) is 28.9 Å². The Bertz CT molecular complexity index is 972. The molecule has 2 aromatic carbocycles. The standard InChI is InChI=1S/C23H29N3O4.HI/c1-5-24-23(26(2)15-18-12-16-8-6-7-9-21(16)30-18)25-14-20(27)19-13-17(28-3)10-11-22(19)29-4;/h6-13,20,27H,5,14-15H2,1-4H3,(H,24,25);1H. The molecule has 0 spiro atoms. The van der Waals surface area contributed by atoms with Gasteiger partial charge >= 0.3 is 0 Å². The zero-order valence-electron chi connectivity index (χ0n) is 18.3. The third-order valence-electron chi connectivity index (χ3n) is 4.78. The van der Waals surface area contributed by atoms with E-state index in [4.69, 9.17) is 13.9 Å². The van der Waals surface area contributed by atoms with Gasteiger partial charge in [-0.15, -0.1) is 24.0 Å². The molecule has 0 fully saturated rings. The summed E-state index contributed by atoms with van der Waals surface area (Å²) in [6.45, 7) is 3.45. The zero-order chi connectivity index (χ0) is 21.5. The molecule has 0 bridgehead atoms. The van der Waals surface area contributed by atoms with Crippen LogP contribution in [0.15, 0.2) is 57.9 Å². The van der Waals surface area contributed by atoms with Gasteiger partial charge in [0, 0.05) is 24.5 Å². The lowest BCUT2D eigenvalue weighted by Crippen LogP contribution is -2.38. The minimum atomic E-state index is -0.830. The molecular weight excluding hydrogens is 509 g/mol. The number of aliphatic hydroxyl groups is 1. The molecule has 8 heteroatoms. The number of rotatable bonds is 8. The predicted octanol–water partition coefficient (Wildman–Crippen LogP) is 4.20. The summed E-state index contributed by atoms with van der Waals surface area (Å²) in [7, 11) is 5.10. The van der Waals surface area contributed by atoms with Gasteiger partial charge in [0.05, 0.1) is 27.3 Å². The number of ether oxygens (including phenoxy) is 2. The van der Waals surface area contributed by atoms with Crippen molar-refractivity contribution in [3.8, 4) is 11.5 Å². The Morgan fingerprint density at radius 2 is 1.94 bits per heavy atom. The maximum Gasteiger partial charge on any atom is 0.194 e. The molecule has 1 unspecified atom stereocenters. The summed E-state index contributed by atoms with van der Waals surface area (Å²) in [5, 5.41) is 15.1. The molecular formula is C23H30IN3O4. The Kier molecular flexibility index (Phi) is 9.44. The Balaban J connectivity index is 0.00000341. The molecule has 3 aromatic rings. The van der Waals surface area contributed by atoms with Crippen molar-refractivity contribution < 1.29 is 19.0 Å². The topological polar surface area (TPSA) is 79.5 Å². The lowest BCUT2D eigenvalue weighted by Gasteiger charge is -2.22. The summed E-state index contributed by atoms with van der Waals surface area (Å²) >= 11 is 0. The summed E-state index contributed by atoms with van der Waals surface area (Å²) in [4.78, 5) is 6.58. The number of hydrogen-bond acceptors (Lipinski definition) is 5. The van der Waals surface area contributed by atoms with Crippen LogP contribution >= 0.6 is 24.0 Å². The summed E-state index contributed by atoms with van der Waals surface area (Å²) in [5.41, 5.74) is 1.50. The smallest absolute Gasteiger partial charge is 0.194 e. The molecule has 0 aliphatic heterocycles. The molecule has 1 aromatic heterocycles. The van der Waals surface area contributed by atoms with Gasteiger partial charge in [-0.25, -0.2) is 0 Å². The number of halogens is 1. The Morgan fingerprint density at radius 1 is 1.16 bits per heavy atom. The number of hydrogen-bond donors (Lipinski definition) is 2. The van der Waals surface area contributed by atoms with Crippen molar-refractivity contribution in [1.29, 1.82) is 0 Å². The molecule has 0 amide bonds. The van der Waals surface area contributed by atoms with E-state index in [9.17, 15) is 5.11 Å². The van der Waals surface area contributed by atoms with Crippen molar-refractivity contribution in [2.75, 3.05) is 34.4 Å². The summed E-state index contributed by atoms with van der Waals surface area (Å²) in [6.07, 6.45) is -0.830. The van der Waals surface area contributed by atoms with E-state index < -0.39 is 6.10 Å². The number of nitrogens with one attached hydrogen (secondary N) is 1. The maximum absolute atomic E-state index is 10.7. The fourth-order valence-corrected chi connectivity index (χ4v) is 3.26. The number of para-hydroxylation sites is 1. The molecule has 0 radical (unpaired) electrons. The van der Waals surface area contributed by atoms with Gasteiger partial charge in [-0.1, -0.05) is 18.2 Å². The highest BCUT2D eigenvalue weighted by Gasteiger charge is 2.16. The normalized spacial score (nSPS) is 12.2. The molecule has 0 saturated heterocycles. The zero-order valence-corrected chi connectivity index (χ0v) is 20.6. The summed E-state index contributed by atoms with van der Waals surface area (Å²) in [5.74, 6) is 2.78. The van der Waals surface area contributed by atoms with Crippen LogP contribution in [0.4, 0.5) is 0 Å². The SMILES string of the molecule is CCNC(=NCC(O)c1cc(OC)ccc1OC)N(C)Cc1cc2ccccc2o1.I. The van der Waals surface area contributed by atoms with Crippen LogP contribution in [-0.2, 0) is 6.54 Å². The molecule has 2 N–H and O–H groups in total. The van der Waals surface area contributed by atoms with E-state index in [-0.39, 0.29) is 30.5 Å². The van der Waals surface area contributed by atoms with Gasteiger partial charge < -0.3 is 29.2 Å². The van der Waals surface area contributed by atoms with E-state index in [1.54, 1.807) is 32.4 Å². The summed E-state index contributed by atoms with van der Waals surface area (Å²) < 4.78 is 16.6. The van der Waals surface area contributed by atoms with Crippen molar-refractivity contribution >= 4 is 40.9 Å². The number of furan rings is 1. The van der Waals surface area contributed by atoms with Gasteiger partial charge in [0.2, 0.25) is 0 Å². The van der Waals surface area contributed by atoms with Crippen LogP contribution in [-0.4, -0.2) is 50.3 Å². The average Bonchev–Trinajstić information content (AvgIpc) is 3.18. The van der Waals surface area contributed by atoms with Crippen LogP contribution in [0.1, 0.15) is 24.4 Å². The van der Waals surface area contributed by atoms with E-state index >= 15 is 0 Å². The molecule has 168 valence electrons. The van der Waals surface area contributed by atoms with E-state index in [2.05, 4.69) is 10.3 Å². The first-order chi connectivity index (χ1) is 14.5. The Labute approximate surface area is 200 Å². The van der Waals surface area contributed by atoms with Crippen LogP contribution in [0, 0.1) is 0 Å². The molecule has 7 nitrogen and oxygen atoms in total. The van der Waals surface area contributed by atoms with Crippen molar-refractivity contribution in [2.24, 2.45) is 4.99 Å². The molecule has 3 rings (SSSR count). The van der Waals surface area contributed by atoms with Crippen LogP contribution in [0.25, 0.3) is 11.0 Å². The summed E-state index contributed by atoms with van der Waals surface area (Å²) in [6, 6.07) is 15.3. The molecule has 0 saturated carbocycles. The van der Waals surface area contributed by atoms with Gasteiger partial charge in [-0.05, 0) is 37.3 Å². The number of benzene rings is 2. The van der Waals surface area contributed by atoms with Gasteiger partial charge in [0.15, 0.2) is 5.96 Å². The number of aliphatic hydroxyl groups excluding tert-OH is 1. The van der Waals surface area contributed by atoms with Crippen molar-refractivity contribution in [1.82, 2.24) is 10.2 Å². The minimum absolute atomic E-state index is 0. The molecule has 0 aliphatic rings. The quantitative estimate of drug-likeness (QED) is 0.254. The van der Waals surface area contributed by atoms with Crippen LogP contribution < -0.4 is 14.8 Å². The minimum Gasteiger partial charge on any atom is -0.497 e. The van der Waals surface area contributed by atoms with Gasteiger partial charge in [-0.3, -0.25) is 4.99 Å². The van der Waals surface area contributed by atoms with E-state index in [1.807, 2.05) is 49.2 Å². The second kappa shape index (κ2) is 11.8. The highest BCUT2D eigenvalue weighted by molar-refractivity contribution is 14.0. The number of guanidine groups is 1. The van der Waals surface area contributed by atoms with Crippen LogP contribution in [0.5, 0.6) is 11.5 Å². The second-order valence-electron chi connectivity index (χ2n) is 6.92. The van der Waals surface area contributed by atoms with Crippen molar-refractivity contribution in [3.63, 3.8) is 0 Å². The van der Waals surface area contributed by atoms with Gasteiger partial charge in [-0.2, -0.15) is 0 Å². The second-order valence-corrected chi connectivity index (χ2v) is 6.92. The highest BCUT2D eigenvalue weighted by Crippen LogP contribution is 2.29.